The first-order valence-electron chi connectivity index (χ1n) is 8.18. The zero-order chi connectivity index (χ0) is 16.9. The molecule has 1 unspecified atom stereocenters. The van der Waals surface area contributed by atoms with Gasteiger partial charge in [0.2, 0.25) is 0 Å². The van der Waals surface area contributed by atoms with Gasteiger partial charge in [0.25, 0.3) is 0 Å². The number of aromatic nitrogens is 1. The Bertz CT molecular complexity index is 1080. The zero-order valence-corrected chi connectivity index (χ0v) is 17.1. The lowest BCUT2D eigenvalue weighted by Crippen LogP contribution is -2.37. The lowest BCUT2D eigenvalue weighted by atomic mass is 10.2. The van der Waals surface area contributed by atoms with Gasteiger partial charge in [-0.05, 0) is 30.0 Å². The van der Waals surface area contributed by atoms with Gasteiger partial charge in [-0.2, -0.15) is 0 Å². The fraction of sp³-hybridized carbons (Fsp3) is 0.200. The Labute approximate surface area is 150 Å². The third-order valence-corrected chi connectivity index (χ3v) is 9.90. The highest BCUT2D eigenvalue weighted by atomic mass is 32.2. The maximum absolute atomic E-state index is 4.69. The van der Waals surface area contributed by atoms with Gasteiger partial charge in [0.05, 0.1) is 16.9 Å². The Morgan fingerprint density at radius 2 is 1.92 bits per heavy atom. The molecule has 4 heteroatoms. The van der Waals surface area contributed by atoms with Crippen LogP contribution in [0.25, 0.3) is 16.2 Å². The minimum Gasteiger partial charge on any atom is -0.250 e. The normalized spacial score (nSPS) is 16.9. The van der Waals surface area contributed by atoms with E-state index >= 15 is 0 Å². The SMILES string of the molecule is Cc1ccc(S2=c3sc4ccc([Si](C)(C)C)cc4c3=CC=C2)nc1. The van der Waals surface area contributed by atoms with Crippen LogP contribution in [0.3, 0.4) is 0 Å². The summed E-state index contributed by atoms with van der Waals surface area (Å²) in [5, 5.41) is 7.83. The van der Waals surface area contributed by atoms with E-state index in [0.717, 1.165) is 0 Å². The third-order valence-electron chi connectivity index (χ3n) is 4.35. The summed E-state index contributed by atoms with van der Waals surface area (Å²) in [4.78, 5) is 4.69. The lowest BCUT2D eigenvalue weighted by Gasteiger charge is -2.16. The summed E-state index contributed by atoms with van der Waals surface area (Å²) >= 11 is 1.93. The van der Waals surface area contributed by atoms with Crippen LogP contribution in [-0.4, -0.2) is 13.1 Å². The molecule has 1 aromatic carbocycles. The smallest absolute Gasteiger partial charge is 0.0957 e. The molecule has 0 amide bonds. The maximum Gasteiger partial charge on any atom is 0.0957 e. The van der Waals surface area contributed by atoms with Crippen LogP contribution < -0.4 is 10.4 Å². The Balaban J connectivity index is 2.03. The highest BCUT2D eigenvalue weighted by Gasteiger charge is 2.18. The van der Waals surface area contributed by atoms with Crippen LogP contribution >= 0.6 is 21.8 Å². The van der Waals surface area contributed by atoms with Crippen LogP contribution in [0, 0.1) is 10.7 Å². The van der Waals surface area contributed by atoms with Crippen molar-refractivity contribution in [2.24, 2.45) is 0 Å². The lowest BCUT2D eigenvalue weighted by molar-refractivity contribution is 1.11. The Morgan fingerprint density at radius 3 is 2.62 bits per heavy atom. The first-order valence-corrected chi connectivity index (χ1v) is 13.8. The van der Waals surface area contributed by atoms with Crippen LogP contribution in [0.15, 0.2) is 53.0 Å². The molecule has 0 fully saturated rings. The Hall–Kier alpha value is -1.49. The first kappa shape index (κ1) is 16.0. The summed E-state index contributed by atoms with van der Waals surface area (Å²) in [5.74, 6) is 0. The molecule has 0 N–H and O–H groups in total. The van der Waals surface area contributed by atoms with Gasteiger partial charge in [-0.15, -0.1) is 11.3 Å². The second kappa shape index (κ2) is 5.79. The van der Waals surface area contributed by atoms with E-state index in [2.05, 4.69) is 79.4 Å². The number of rotatable bonds is 2. The molecule has 4 rings (SSSR count). The zero-order valence-electron chi connectivity index (χ0n) is 14.5. The maximum atomic E-state index is 4.69. The molecule has 3 heterocycles. The molecule has 3 aromatic rings. The van der Waals surface area contributed by atoms with Crippen LogP contribution in [0.2, 0.25) is 19.6 Å². The second-order valence-corrected chi connectivity index (χ2v) is 15.4. The number of benzene rings is 1. The van der Waals surface area contributed by atoms with Crippen molar-refractivity contribution in [3.63, 3.8) is 0 Å². The molecule has 0 saturated carbocycles. The molecule has 0 radical (unpaired) electrons. The van der Waals surface area contributed by atoms with Gasteiger partial charge in [-0.3, -0.25) is 0 Å². The van der Waals surface area contributed by atoms with Crippen LogP contribution in [0.4, 0.5) is 0 Å². The van der Waals surface area contributed by atoms with E-state index in [1.54, 1.807) is 0 Å². The second-order valence-electron chi connectivity index (χ2n) is 7.27. The van der Waals surface area contributed by atoms with Gasteiger partial charge in [0.15, 0.2) is 0 Å². The fourth-order valence-corrected chi connectivity index (χ4v) is 7.51. The topological polar surface area (TPSA) is 12.9 Å². The molecule has 1 atom stereocenters. The van der Waals surface area contributed by atoms with E-state index in [9.17, 15) is 0 Å². The number of hydrogen-bond acceptors (Lipinski definition) is 2. The van der Waals surface area contributed by atoms with Gasteiger partial charge in [0.1, 0.15) is 0 Å². The molecule has 1 nitrogen and oxygen atoms in total. The van der Waals surface area contributed by atoms with E-state index in [1.165, 1.54) is 34.9 Å². The summed E-state index contributed by atoms with van der Waals surface area (Å²) in [6, 6.07) is 11.4. The van der Waals surface area contributed by atoms with E-state index in [1.807, 2.05) is 17.5 Å². The number of nitrogens with zero attached hydrogens (tertiary/aromatic N) is 1. The van der Waals surface area contributed by atoms with E-state index < -0.39 is 8.07 Å². The summed E-state index contributed by atoms with van der Waals surface area (Å²) < 4.78 is 2.85. The average molecular weight is 368 g/mol. The Morgan fingerprint density at radius 1 is 1.08 bits per heavy atom. The van der Waals surface area contributed by atoms with E-state index in [-0.39, 0.29) is 10.5 Å². The van der Waals surface area contributed by atoms with Crippen molar-refractivity contribution in [2.45, 2.75) is 31.6 Å². The van der Waals surface area contributed by atoms with E-state index in [0.29, 0.717) is 0 Å². The number of pyridine rings is 1. The largest absolute Gasteiger partial charge is 0.250 e. The molecule has 0 aliphatic carbocycles. The van der Waals surface area contributed by atoms with Crippen LogP contribution in [-0.2, 0) is 0 Å². The van der Waals surface area contributed by atoms with Crippen LogP contribution in [0.5, 0.6) is 0 Å². The monoisotopic (exact) mass is 367 g/mol. The number of allylic oxidation sites excluding steroid dienone is 1. The van der Waals surface area contributed by atoms with Gasteiger partial charge in [-0.25, -0.2) is 4.98 Å². The minimum absolute atomic E-state index is 0.0447. The number of thiophene rings is 1. The predicted molar refractivity (Wildman–Crippen MR) is 112 cm³/mol. The Kier molecular flexibility index (Phi) is 3.86. The first-order chi connectivity index (χ1) is 11.4. The van der Waals surface area contributed by atoms with Crippen molar-refractivity contribution in [1.82, 2.24) is 4.98 Å². The van der Waals surface area contributed by atoms with Crippen molar-refractivity contribution in [1.29, 1.82) is 0 Å². The summed E-state index contributed by atoms with van der Waals surface area (Å²) in [5.41, 5.74) is 1.21. The molecule has 0 spiro atoms. The summed E-state index contributed by atoms with van der Waals surface area (Å²) in [6.45, 7) is 9.33. The molecule has 1 aliphatic rings. The van der Waals surface area contributed by atoms with Crippen molar-refractivity contribution >= 4 is 51.2 Å². The van der Waals surface area contributed by atoms with Gasteiger partial charge >= 0.3 is 0 Å². The number of fused-ring (bicyclic) bond motifs is 3. The van der Waals surface area contributed by atoms with Crippen molar-refractivity contribution in [3.8, 4) is 0 Å². The average Bonchev–Trinajstić information content (AvgIpc) is 2.93. The highest BCUT2D eigenvalue weighted by Crippen LogP contribution is 2.34. The molecule has 1 aliphatic heterocycles. The van der Waals surface area contributed by atoms with Crippen molar-refractivity contribution in [2.75, 3.05) is 0 Å². The number of aryl methyl sites for hydroxylation is 1. The summed E-state index contributed by atoms with van der Waals surface area (Å²) in [7, 11) is -1.34. The molecular weight excluding hydrogens is 346 g/mol. The quantitative estimate of drug-likeness (QED) is 0.457. The molecule has 0 saturated heterocycles. The van der Waals surface area contributed by atoms with Gasteiger partial charge in [-0.1, -0.05) is 65.7 Å². The molecule has 24 heavy (non-hydrogen) atoms. The molecular formula is C20H21NS2Si. The fourth-order valence-electron chi connectivity index (χ4n) is 2.91. The van der Waals surface area contributed by atoms with Gasteiger partial charge in [0, 0.05) is 21.5 Å². The van der Waals surface area contributed by atoms with Crippen molar-refractivity contribution < 1.29 is 0 Å². The highest BCUT2D eigenvalue weighted by molar-refractivity contribution is 8.13. The standard InChI is InChI=1S/C20H21NS2Si/c1-14-7-10-19(21-13-14)23-11-5-6-16-17-12-15(24(2,3)4)8-9-18(17)22-20(16)23/h5-13H,1-4H3. The molecule has 0 bridgehead atoms. The van der Waals surface area contributed by atoms with Gasteiger partial charge < -0.3 is 0 Å². The minimum atomic E-state index is -1.29. The van der Waals surface area contributed by atoms with E-state index in [4.69, 9.17) is 0 Å². The molecule has 122 valence electrons. The summed E-state index contributed by atoms with van der Waals surface area (Å²) in [6.07, 6.45) is 6.46. The van der Waals surface area contributed by atoms with Crippen molar-refractivity contribution in [3.05, 3.63) is 62.6 Å². The van der Waals surface area contributed by atoms with Crippen LogP contribution in [0.1, 0.15) is 5.56 Å². The molecule has 2 aromatic heterocycles. The predicted octanol–water partition coefficient (Wildman–Crippen LogP) is 5.04. The third kappa shape index (κ3) is 2.73. The number of hydrogen-bond donors (Lipinski definition) is 0.